The predicted octanol–water partition coefficient (Wildman–Crippen LogP) is 6.45. The van der Waals surface area contributed by atoms with E-state index in [0.717, 1.165) is 14.3 Å². The van der Waals surface area contributed by atoms with Crippen molar-refractivity contribution in [3.8, 4) is 0 Å². The maximum absolute atomic E-state index is 14.0. The van der Waals surface area contributed by atoms with Crippen LogP contribution in [0.2, 0.25) is 10.0 Å². The van der Waals surface area contributed by atoms with Crippen molar-refractivity contribution < 1.29 is 18.0 Å². The molecule has 11 heteroatoms. The number of carbonyl (C=O) groups excluding carboxylic acids is 2. The molecule has 3 aromatic carbocycles. The number of sulfonamides is 1. The molecule has 1 N–H and O–H groups in total. The Kier molecular flexibility index (Phi) is 11.1. The topological polar surface area (TPSA) is 86.8 Å². The summed E-state index contributed by atoms with van der Waals surface area (Å²) in [6, 6.07) is 17.0. The molecule has 0 aliphatic carbocycles. The molecule has 0 saturated carbocycles. The van der Waals surface area contributed by atoms with Gasteiger partial charge in [0.15, 0.2) is 0 Å². The quantitative estimate of drug-likeness (QED) is 0.255. The van der Waals surface area contributed by atoms with E-state index in [9.17, 15) is 18.0 Å². The first kappa shape index (κ1) is 31.9. The molecule has 0 saturated heterocycles. The summed E-state index contributed by atoms with van der Waals surface area (Å²) < 4.78 is 29.5. The Labute approximate surface area is 254 Å². The Morgan fingerprint density at radius 3 is 2.05 bits per heavy atom. The number of nitrogens with one attached hydrogen (secondary N) is 1. The number of rotatable bonds is 11. The van der Waals surface area contributed by atoms with Crippen molar-refractivity contribution in [2.75, 3.05) is 17.4 Å². The van der Waals surface area contributed by atoms with Crippen LogP contribution >= 0.6 is 39.1 Å². The summed E-state index contributed by atoms with van der Waals surface area (Å²) in [6.07, 6.45) is 0. The van der Waals surface area contributed by atoms with Gasteiger partial charge in [-0.25, -0.2) is 8.42 Å². The fourth-order valence-electron chi connectivity index (χ4n) is 3.86. The highest BCUT2D eigenvalue weighted by atomic mass is 79.9. The molecule has 0 fully saturated rings. The number of hydrogen-bond acceptors (Lipinski definition) is 4. The van der Waals surface area contributed by atoms with Crippen LogP contribution in [0.4, 0.5) is 5.69 Å². The summed E-state index contributed by atoms with van der Waals surface area (Å²) in [6.45, 7) is 7.15. The van der Waals surface area contributed by atoms with Crippen molar-refractivity contribution in [1.82, 2.24) is 10.2 Å². The lowest BCUT2D eigenvalue weighted by molar-refractivity contribution is -0.139. The van der Waals surface area contributed by atoms with Gasteiger partial charge in [-0.3, -0.25) is 13.9 Å². The Morgan fingerprint density at radius 2 is 1.50 bits per heavy atom. The lowest BCUT2D eigenvalue weighted by atomic mass is 10.1. The minimum Gasteiger partial charge on any atom is -0.354 e. The fourth-order valence-corrected chi connectivity index (χ4v) is 6.06. The van der Waals surface area contributed by atoms with Gasteiger partial charge in [0.05, 0.1) is 10.6 Å². The van der Waals surface area contributed by atoms with Gasteiger partial charge in [-0.1, -0.05) is 76.7 Å². The number of halogens is 3. The van der Waals surface area contributed by atoms with Gasteiger partial charge in [0.2, 0.25) is 11.8 Å². The number of amides is 2. The van der Waals surface area contributed by atoms with Crippen LogP contribution in [0.1, 0.15) is 31.9 Å². The van der Waals surface area contributed by atoms with E-state index in [-0.39, 0.29) is 23.3 Å². The summed E-state index contributed by atoms with van der Waals surface area (Å²) in [5.41, 5.74) is 1.65. The van der Waals surface area contributed by atoms with Crippen molar-refractivity contribution in [1.29, 1.82) is 0 Å². The van der Waals surface area contributed by atoms with Crippen molar-refractivity contribution in [3.05, 3.63) is 92.4 Å². The zero-order valence-corrected chi connectivity index (χ0v) is 26.6. The normalized spacial score (nSPS) is 12.2. The van der Waals surface area contributed by atoms with Crippen molar-refractivity contribution in [2.45, 2.75) is 45.2 Å². The Balaban J connectivity index is 2.04. The molecule has 0 unspecified atom stereocenters. The van der Waals surface area contributed by atoms with E-state index in [1.165, 1.54) is 17.0 Å². The molecule has 0 bridgehead atoms. The molecule has 0 heterocycles. The second-order valence-electron chi connectivity index (χ2n) is 9.84. The number of benzene rings is 3. The third kappa shape index (κ3) is 8.00. The summed E-state index contributed by atoms with van der Waals surface area (Å²) in [5, 5.41) is 3.51. The summed E-state index contributed by atoms with van der Waals surface area (Å²) in [5.74, 6) is -0.769. The third-order valence-electron chi connectivity index (χ3n) is 6.24. The van der Waals surface area contributed by atoms with E-state index in [0.29, 0.717) is 27.8 Å². The maximum Gasteiger partial charge on any atom is 0.264 e. The summed E-state index contributed by atoms with van der Waals surface area (Å²) >= 11 is 16.2. The van der Waals surface area contributed by atoms with Crippen LogP contribution in [0.3, 0.4) is 0 Å². The lowest BCUT2D eigenvalue weighted by Gasteiger charge is -2.32. The van der Waals surface area contributed by atoms with Gasteiger partial charge in [-0.05, 0) is 68.3 Å². The number of carbonyl (C=O) groups is 2. The molecule has 0 spiro atoms. The lowest BCUT2D eigenvalue weighted by Crippen LogP contribution is -2.51. The second-order valence-corrected chi connectivity index (χ2v) is 13.4. The highest BCUT2D eigenvalue weighted by Gasteiger charge is 2.33. The standard InChI is InChI=1S/C29H32BrCl2N3O4S/c1-19(2)16-33-29(37)21(4)34(17-25-26(31)6-5-7-27(25)32)28(36)18-35(23-12-10-22(30)11-13-23)40(38,39)24-14-8-20(3)9-15-24/h5-15,19,21H,16-18H2,1-4H3,(H,33,37)/t21-/m1/s1. The van der Waals surface area contributed by atoms with Gasteiger partial charge < -0.3 is 10.2 Å². The number of aryl methyl sites for hydroxylation is 1. The third-order valence-corrected chi connectivity index (χ3v) is 9.27. The molecule has 214 valence electrons. The minimum absolute atomic E-state index is 0.0391. The first-order valence-corrected chi connectivity index (χ1v) is 15.6. The zero-order valence-electron chi connectivity index (χ0n) is 22.7. The Hall–Kier alpha value is -2.59. The van der Waals surface area contributed by atoms with Crippen LogP contribution in [-0.4, -0.2) is 44.3 Å². The van der Waals surface area contributed by atoms with Crippen LogP contribution in [0.15, 0.2) is 76.1 Å². The average molecular weight is 669 g/mol. The van der Waals surface area contributed by atoms with Gasteiger partial charge in [0.25, 0.3) is 10.0 Å². The van der Waals surface area contributed by atoms with Gasteiger partial charge in [0.1, 0.15) is 12.6 Å². The van der Waals surface area contributed by atoms with Crippen LogP contribution in [-0.2, 0) is 26.2 Å². The van der Waals surface area contributed by atoms with Gasteiger partial charge in [0, 0.05) is 33.2 Å². The highest BCUT2D eigenvalue weighted by Crippen LogP contribution is 2.29. The highest BCUT2D eigenvalue weighted by molar-refractivity contribution is 9.10. The fraction of sp³-hybridized carbons (Fsp3) is 0.310. The molecule has 3 rings (SSSR count). The van der Waals surface area contributed by atoms with Gasteiger partial charge in [-0.2, -0.15) is 0 Å². The summed E-state index contributed by atoms with van der Waals surface area (Å²) in [7, 11) is -4.15. The average Bonchev–Trinajstić information content (AvgIpc) is 2.90. The first-order chi connectivity index (χ1) is 18.8. The maximum atomic E-state index is 14.0. The van der Waals surface area contributed by atoms with Crippen molar-refractivity contribution in [2.24, 2.45) is 5.92 Å². The molecule has 0 radical (unpaired) electrons. The monoisotopic (exact) mass is 667 g/mol. The molecule has 0 aliphatic rings. The predicted molar refractivity (Wildman–Crippen MR) is 164 cm³/mol. The smallest absolute Gasteiger partial charge is 0.264 e. The SMILES string of the molecule is Cc1ccc(S(=O)(=O)N(CC(=O)N(Cc2c(Cl)cccc2Cl)[C@H](C)C(=O)NCC(C)C)c2ccc(Br)cc2)cc1. The molecule has 1 atom stereocenters. The Morgan fingerprint density at radius 1 is 0.925 bits per heavy atom. The molecular formula is C29H32BrCl2N3O4S. The molecule has 0 aromatic heterocycles. The van der Waals surface area contributed by atoms with E-state index in [4.69, 9.17) is 23.2 Å². The van der Waals surface area contributed by atoms with E-state index in [1.807, 2.05) is 20.8 Å². The summed E-state index contributed by atoms with van der Waals surface area (Å²) in [4.78, 5) is 28.4. The van der Waals surface area contributed by atoms with Crippen molar-refractivity contribution >= 4 is 66.7 Å². The van der Waals surface area contributed by atoms with E-state index >= 15 is 0 Å². The van der Waals surface area contributed by atoms with E-state index in [1.54, 1.807) is 61.5 Å². The molecule has 2 amide bonds. The van der Waals surface area contributed by atoms with E-state index < -0.39 is 28.5 Å². The molecule has 0 aliphatic heterocycles. The van der Waals surface area contributed by atoms with Crippen LogP contribution in [0.5, 0.6) is 0 Å². The van der Waals surface area contributed by atoms with Gasteiger partial charge >= 0.3 is 0 Å². The molecule has 40 heavy (non-hydrogen) atoms. The largest absolute Gasteiger partial charge is 0.354 e. The zero-order chi connectivity index (χ0) is 29.6. The minimum atomic E-state index is -4.15. The van der Waals surface area contributed by atoms with Crippen molar-refractivity contribution in [3.63, 3.8) is 0 Å². The second kappa shape index (κ2) is 13.9. The van der Waals surface area contributed by atoms with Crippen LogP contribution in [0.25, 0.3) is 0 Å². The van der Waals surface area contributed by atoms with Gasteiger partial charge in [-0.15, -0.1) is 0 Å². The molecule has 3 aromatic rings. The van der Waals surface area contributed by atoms with Crippen LogP contribution in [0, 0.1) is 12.8 Å². The van der Waals surface area contributed by atoms with E-state index in [2.05, 4.69) is 21.2 Å². The number of nitrogens with zero attached hydrogens (tertiary/aromatic N) is 2. The molecule has 7 nitrogen and oxygen atoms in total. The Bertz CT molecular complexity index is 1430. The number of anilines is 1. The first-order valence-electron chi connectivity index (χ1n) is 12.7. The molecular weight excluding hydrogens is 637 g/mol. The van der Waals surface area contributed by atoms with Crippen LogP contribution < -0.4 is 9.62 Å². The number of hydrogen-bond donors (Lipinski definition) is 1.